The fourth-order valence-electron chi connectivity index (χ4n) is 1.74. The van der Waals surface area contributed by atoms with Gasteiger partial charge in [0.15, 0.2) is 0 Å². The summed E-state index contributed by atoms with van der Waals surface area (Å²) in [6.45, 7) is 2.06. The Morgan fingerprint density at radius 3 is 2.53 bits per heavy atom. The lowest BCUT2D eigenvalue weighted by Crippen LogP contribution is -2.30. The molecule has 5 heteroatoms. The second kappa shape index (κ2) is 6.86. The lowest BCUT2D eigenvalue weighted by atomic mass is 10.2. The Labute approximate surface area is 130 Å². The van der Waals surface area contributed by atoms with Crippen LogP contribution in [0.5, 0.6) is 0 Å². The monoisotopic (exact) mass is 389 g/mol. The van der Waals surface area contributed by atoms with Crippen LogP contribution in [0.25, 0.3) is 0 Å². The molecule has 0 bridgehead atoms. The van der Waals surface area contributed by atoms with Gasteiger partial charge in [-0.3, -0.25) is 4.79 Å². The Bertz CT molecular complexity index is 441. The summed E-state index contributed by atoms with van der Waals surface area (Å²) in [6, 6.07) is 5.57. The average Bonchev–Trinajstić information content (AvgIpc) is 3.16. The van der Waals surface area contributed by atoms with E-state index in [0.717, 1.165) is 21.5 Å². The molecule has 19 heavy (non-hydrogen) atoms. The maximum Gasteiger partial charge on any atom is 0.253 e. The number of hydrogen-bond acceptors (Lipinski definition) is 2. The van der Waals surface area contributed by atoms with E-state index in [4.69, 9.17) is 4.74 Å². The number of benzene rings is 1. The molecule has 1 amide bonds. The molecule has 0 aliphatic heterocycles. The van der Waals surface area contributed by atoms with Crippen molar-refractivity contribution in [1.82, 2.24) is 4.90 Å². The van der Waals surface area contributed by atoms with E-state index in [1.807, 2.05) is 18.2 Å². The summed E-state index contributed by atoms with van der Waals surface area (Å²) >= 11 is 6.78. The lowest BCUT2D eigenvalue weighted by Gasteiger charge is -2.17. The highest BCUT2D eigenvalue weighted by Crippen LogP contribution is 2.28. The third-order valence-electron chi connectivity index (χ3n) is 3.08. The van der Waals surface area contributed by atoms with Crippen LogP contribution in [0.4, 0.5) is 0 Å². The predicted molar refractivity (Wildman–Crippen MR) is 82.3 cm³/mol. The van der Waals surface area contributed by atoms with Crippen LogP contribution in [0.1, 0.15) is 23.2 Å². The lowest BCUT2D eigenvalue weighted by molar-refractivity contribution is 0.0681. The van der Waals surface area contributed by atoms with Gasteiger partial charge in [-0.2, -0.15) is 0 Å². The van der Waals surface area contributed by atoms with Gasteiger partial charge >= 0.3 is 0 Å². The molecule has 0 radical (unpaired) electrons. The molecule has 1 aromatic rings. The van der Waals surface area contributed by atoms with Gasteiger partial charge in [0, 0.05) is 34.7 Å². The van der Waals surface area contributed by atoms with Crippen molar-refractivity contribution in [2.24, 2.45) is 5.92 Å². The predicted octanol–water partition coefficient (Wildman–Crippen LogP) is 3.71. The highest BCUT2D eigenvalue weighted by Gasteiger charge is 2.21. The number of carbonyl (C=O) groups excluding carboxylic acids is 1. The SMILES string of the molecule is CN(CCOCC1CC1)C(=O)c1cc(Br)cc(Br)c1. The summed E-state index contributed by atoms with van der Waals surface area (Å²) in [4.78, 5) is 13.9. The smallest absolute Gasteiger partial charge is 0.253 e. The molecule has 0 atom stereocenters. The van der Waals surface area contributed by atoms with E-state index >= 15 is 0 Å². The first kappa shape index (κ1) is 15.0. The van der Waals surface area contributed by atoms with Crippen LogP contribution >= 0.6 is 31.9 Å². The number of carbonyl (C=O) groups is 1. The normalized spacial score (nSPS) is 14.5. The minimum absolute atomic E-state index is 0.0111. The standard InChI is InChI=1S/C14H17Br2NO2/c1-17(4-5-19-9-10-2-3-10)14(18)11-6-12(15)8-13(16)7-11/h6-8,10H,2-5,9H2,1H3. The van der Waals surface area contributed by atoms with E-state index in [1.54, 1.807) is 11.9 Å². The second-order valence-electron chi connectivity index (χ2n) is 4.90. The molecule has 0 spiro atoms. The molecule has 1 saturated carbocycles. The zero-order valence-corrected chi connectivity index (χ0v) is 14.0. The topological polar surface area (TPSA) is 29.5 Å². The van der Waals surface area contributed by atoms with Crippen LogP contribution in [0.15, 0.2) is 27.1 Å². The number of amides is 1. The molecule has 0 saturated heterocycles. The van der Waals surface area contributed by atoms with Crippen LogP contribution in [0.3, 0.4) is 0 Å². The van der Waals surface area contributed by atoms with Gasteiger partial charge in [-0.1, -0.05) is 31.9 Å². The van der Waals surface area contributed by atoms with Gasteiger partial charge in [-0.25, -0.2) is 0 Å². The first-order valence-electron chi connectivity index (χ1n) is 6.35. The van der Waals surface area contributed by atoms with E-state index in [1.165, 1.54) is 12.8 Å². The molecule has 1 aliphatic rings. The van der Waals surface area contributed by atoms with Crippen molar-refractivity contribution in [3.63, 3.8) is 0 Å². The van der Waals surface area contributed by atoms with Crippen LogP contribution in [-0.2, 0) is 4.74 Å². The molecular weight excluding hydrogens is 374 g/mol. The van der Waals surface area contributed by atoms with Gasteiger partial charge in [-0.05, 0) is 37.0 Å². The largest absolute Gasteiger partial charge is 0.379 e. The van der Waals surface area contributed by atoms with Crippen LogP contribution in [0, 0.1) is 5.92 Å². The Morgan fingerprint density at radius 2 is 1.95 bits per heavy atom. The molecule has 1 fully saturated rings. The number of nitrogens with zero attached hydrogens (tertiary/aromatic N) is 1. The van der Waals surface area contributed by atoms with E-state index in [9.17, 15) is 4.79 Å². The van der Waals surface area contributed by atoms with E-state index in [2.05, 4.69) is 31.9 Å². The zero-order chi connectivity index (χ0) is 13.8. The minimum Gasteiger partial charge on any atom is -0.379 e. The minimum atomic E-state index is 0.0111. The van der Waals surface area contributed by atoms with Crippen LogP contribution in [-0.4, -0.2) is 37.6 Å². The molecule has 0 aromatic heterocycles. The Morgan fingerprint density at radius 1 is 1.32 bits per heavy atom. The summed E-state index contributed by atoms with van der Waals surface area (Å²) in [5.41, 5.74) is 0.672. The maximum absolute atomic E-state index is 12.2. The van der Waals surface area contributed by atoms with Crippen LogP contribution in [0.2, 0.25) is 0 Å². The van der Waals surface area contributed by atoms with Crippen molar-refractivity contribution in [2.75, 3.05) is 26.8 Å². The van der Waals surface area contributed by atoms with Gasteiger partial charge in [0.25, 0.3) is 5.91 Å². The highest BCUT2D eigenvalue weighted by atomic mass is 79.9. The van der Waals surface area contributed by atoms with Gasteiger partial charge in [-0.15, -0.1) is 0 Å². The van der Waals surface area contributed by atoms with Crippen LogP contribution < -0.4 is 0 Å². The molecule has 0 N–H and O–H groups in total. The molecule has 3 nitrogen and oxygen atoms in total. The number of rotatable bonds is 6. The van der Waals surface area contributed by atoms with E-state index < -0.39 is 0 Å². The van der Waals surface area contributed by atoms with E-state index in [0.29, 0.717) is 18.7 Å². The number of halogens is 2. The first-order valence-corrected chi connectivity index (χ1v) is 7.94. The first-order chi connectivity index (χ1) is 9.06. The molecule has 0 heterocycles. The Hall–Kier alpha value is -0.390. The summed E-state index contributed by atoms with van der Waals surface area (Å²) in [5, 5.41) is 0. The average molecular weight is 391 g/mol. The van der Waals surface area contributed by atoms with Crippen molar-refractivity contribution in [1.29, 1.82) is 0 Å². The Balaban J connectivity index is 1.82. The molecule has 1 aromatic carbocycles. The molecule has 2 rings (SSSR count). The molecule has 104 valence electrons. The van der Waals surface area contributed by atoms with E-state index in [-0.39, 0.29) is 5.91 Å². The molecule has 1 aliphatic carbocycles. The highest BCUT2D eigenvalue weighted by molar-refractivity contribution is 9.11. The summed E-state index contributed by atoms with van der Waals surface area (Å²) < 4.78 is 7.33. The fraction of sp³-hybridized carbons (Fsp3) is 0.500. The van der Waals surface area contributed by atoms with Crippen molar-refractivity contribution in [3.8, 4) is 0 Å². The number of ether oxygens (including phenoxy) is 1. The number of hydrogen-bond donors (Lipinski definition) is 0. The summed E-state index contributed by atoms with van der Waals surface area (Å²) in [7, 11) is 1.80. The van der Waals surface area contributed by atoms with Gasteiger partial charge in [0.05, 0.1) is 6.61 Å². The van der Waals surface area contributed by atoms with Gasteiger partial charge in [0.2, 0.25) is 0 Å². The second-order valence-corrected chi connectivity index (χ2v) is 6.73. The summed E-state index contributed by atoms with van der Waals surface area (Å²) in [5.74, 6) is 0.777. The third kappa shape index (κ3) is 4.89. The quantitative estimate of drug-likeness (QED) is 0.693. The maximum atomic E-state index is 12.2. The van der Waals surface area contributed by atoms with Crippen molar-refractivity contribution in [3.05, 3.63) is 32.7 Å². The van der Waals surface area contributed by atoms with Gasteiger partial charge < -0.3 is 9.64 Å². The molecule has 0 unspecified atom stereocenters. The number of likely N-dealkylation sites (N-methyl/N-ethyl adjacent to an activating group) is 1. The van der Waals surface area contributed by atoms with Crippen molar-refractivity contribution in [2.45, 2.75) is 12.8 Å². The molecular formula is C14H17Br2NO2. The Kier molecular flexibility index (Phi) is 5.42. The third-order valence-corrected chi connectivity index (χ3v) is 3.99. The van der Waals surface area contributed by atoms with Gasteiger partial charge in [0.1, 0.15) is 0 Å². The van der Waals surface area contributed by atoms with Crippen molar-refractivity contribution < 1.29 is 9.53 Å². The summed E-state index contributed by atoms with van der Waals surface area (Å²) in [6.07, 6.45) is 2.58. The fourth-order valence-corrected chi connectivity index (χ4v) is 3.03. The zero-order valence-electron chi connectivity index (χ0n) is 10.9. The van der Waals surface area contributed by atoms with Crippen molar-refractivity contribution >= 4 is 37.8 Å².